The van der Waals surface area contributed by atoms with E-state index in [1.807, 2.05) is 6.92 Å². The van der Waals surface area contributed by atoms with Crippen molar-refractivity contribution >= 4 is 0 Å². The number of benzene rings is 3. The largest absolute Gasteiger partial charge is 0.456 e. The third-order valence-electron chi connectivity index (χ3n) is 7.07. The minimum absolute atomic E-state index is 0.0620. The summed E-state index contributed by atoms with van der Waals surface area (Å²) < 4.78 is 141. The molecule has 0 amide bonds. The van der Waals surface area contributed by atoms with Crippen LogP contribution in [0, 0.1) is 17.5 Å². The van der Waals surface area contributed by atoms with Crippen molar-refractivity contribution in [1.82, 2.24) is 0 Å². The Kier molecular flexibility index (Phi) is 9.99. The molecule has 3 aromatic carbocycles. The van der Waals surface area contributed by atoms with Crippen LogP contribution in [0.1, 0.15) is 67.2 Å². The molecule has 0 N–H and O–H groups in total. The second kappa shape index (κ2) is 13.3. The molecule has 3 aromatic rings. The van der Waals surface area contributed by atoms with Gasteiger partial charge in [-0.25, -0.2) is 13.2 Å². The van der Waals surface area contributed by atoms with E-state index in [0.717, 1.165) is 42.7 Å². The molecule has 0 heterocycles. The van der Waals surface area contributed by atoms with Crippen molar-refractivity contribution in [3.05, 3.63) is 107 Å². The molecule has 3 nitrogen and oxygen atoms in total. The summed E-state index contributed by atoms with van der Waals surface area (Å²) in [6.07, 6.45) is -8.90. The first-order valence-electron chi connectivity index (χ1n) is 13.5. The summed E-state index contributed by atoms with van der Waals surface area (Å²) in [6.45, 7) is 1.98. The maximum Gasteiger partial charge on any atom is 0.432 e. The standard InChI is InChI=1S/C31H27F9O3/c1-2-3-18-4-8-21(9-5-18)30(37,38)42-22-10-6-19(7-11-22)20-14-25(33)29(26(34)15-20)31(39,40)43-23-12-13-27(24(32)16-23)41-17-28(35)36/h4-5,8-9,12-17,19,22H,2-3,6-7,10-11H2,1H3. The molecule has 0 radical (unpaired) electrons. The molecule has 43 heavy (non-hydrogen) atoms. The summed E-state index contributed by atoms with van der Waals surface area (Å²) in [6, 6.07) is 9.16. The Morgan fingerprint density at radius 3 is 2.00 bits per heavy atom. The van der Waals surface area contributed by atoms with Crippen LogP contribution < -0.4 is 9.47 Å². The normalized spacial score (nSPS) is 17.4. The number of hydrogen-bond donors (Lipinski definition) is 0. The third-order valence-corrected chi connectivity index (χ3v) is 7.07. The number of halogens is 9. The van der Waals surface area contributed by atoms with E-state index >= 15 is 0 Å². The van der Waals surface area contributed by atoms with Gasteiger partial charge in [0, 0.05) is 6.07 Å². The van der Waals surface area contributed by atoms with Crippen molar-refractivity contribution in [3.63, 3.8) is 0 Å². The molecule has 12 heteroatoms. The van der Waals surface area contributed by atoms with Gasteiger partial charge in [-0.15, -0.1) is 0 Å². The Hall–Kier alpha value is -3.67. The van der Waals surface area contributed by atoms with Crippen LogP contribution in [0.15, 0.2) is 66.9 Å². The predicted molar refractivity (Wildman–Crippen MR) is 139 cm³/mol. The Morgan fingerprint density at radius 1 is 0.814 bits per heavy atom. The molecule has 232 valence electrons. The van der Waals surface area contributed by atoms with E-state index in [1.165, 1.54) is 12.1 Å². The molecule has 1 aliphatic rings. The highest BCUT2D eigenvalue weighted by atomic mass is 19.3. The van der Waals surface area contributed by atoms with Gasteiger partial charge in [-0.2, -0.15) is 26.3 Å². The summed E-state index contributed by atoms with van der Waals surface area (Å²) in [7, 11) is 0. The molecule has 0 aliphatic heterocycles. The predicted octanol–water partition coefficient (Wildman–Crippen LogP) is 10.1. The van der Waals surface area contributed by atoms with Gasteiger partial charge in [0.15, 0.2) is 17.8 Å². The number of hydrogen-bond acceptors (Lipinski definition) is 3. The zero-order valence-electron chi connectivity index (χ0n) is 22.8. The molecular weight excluding hydrogens is 591 g/mol. The van der Waals surface area contributed by atoms with Gasteiger partial charge in [-0.1, -0.05) is 37.6 Å². The van der Waals surface area contributed by atoms with Crippen LogP contribution >= 0.6 is 0 Å². The molecule has 4 rings (SSSR count). The number of ether oxygens (including phenoxy) is 3. The van der Waals surface area contributed by atoms with Crippen molar-refractivity contribution in [2.24, 2.45) is 0 Å². The summed E-state index contributed by atoms with van der Waals surface area (Å²) in [5, 5.41) is 0. The zero-order valence-corrected chi connectivity index (χ0v) is 22.8. The fraction of sp³-hybridized carbons (Fsp3) is 0.355. The van der Waals surface area contributed by atoms with Crippen LogP contribution in [0.4, 0.5) is 39.5 Å². The van der Waals surface area contributed by atoms with Gasteiger partial charge in [0.2, 0.25) is 0 Å². The van der Waals surface area contributed by atoms with Crippen LogP contribution in [-0.2, 0) is 23.4 Å². The first-order valence-corrected chi connectivity index (χ1v) is 13.5. The molecular formula is C31H27F9O3. The molecule has 0 bridgehead atoms. The highest BCUT2D eigenvalue weighted by Crippen LogP contribution is 2.42. The van der Waals surface area contributed by atoms with E-state index in [9.17, 15) is 39.5 Å². The highest BCUT2D eigenvalue weighted by molar-refractivity contribution is 5.36. The molecule has 1 saturated carbocycles. The minimum atomic E-state index is -4.59. The van der Waals surface area contributed by atoms with Gasteiger partial charge in [-0.05, 0) is 73.4 Å². The molecule has 1 fully saturated rings. The van der Waals surface area contributed by atoms with Crippen molar-refractivity contribution in [2.75, 3.05) is 0 Å². The van der Waals surface area contributed by atoms with Gasteiger partial charge >= 0.3 is 18.3 Å². The van der Waals surface area contributed by atoms with E-state index in [4.69, 9.17) is 4.74 Å². The summed E-state index contributed by atoms with van der Waals surface area (Å²) in [5.41, 5.74) is -1.01. The van der Waals surface area contributed by atoms with Gasteiger partial charge in [0.05, 0.1) is 11.7 Å². The summed E-state index contributed by atoms with van der Waals surface area (Å²) in [5.74, 6) is -6.67. The Balaban J connectivity index is 1.40. The molecule has 0 atom stereocenters. The fourth-order valence-electron chi connectivity index (χ4n) is 5.00. The Morgan fingerprint density at radius 2 is 1.44 bits per heavy atom. The first kappa shape index (κ1) is 32.2. The molecule has 0 spiro atoms. The Bertz CT molecular complexity index is 1410. The number of aryl methyl sites for hydroxylation is 1. The van der Waals surface area contributed by atoms with E-state index in [0.29, 0.717) is 6.07 Å². The second-order valence-corrected chi connectivity index (χ2v) is 10.2. The van der Waals surface area contributed by atoms with Crippen molar-refractivity contribution in [1.29, 1.82) is 0 Å². The van der Waals surface area contributed by atoms with E-state index in [-0.39, 0.29) is 43.1 Å². The zero-order chi connectivity index (χ0) is 31.4. The number of alkyl halides is 4. The van der Waals surface area contributed by atoms with Crippen LogP contribution in [0.5, 0.6) is 11.5 Å². The van der Waals surface area contributed by atoms with Crippen molar-refractivity contribution in [2.45, 2.75) is 69.7 Å². The molecule has 0 unspecified atom stereocenters. The third kappa shape index (κ3) is 8.04. The quantitative estimate of drug-likeness (QED) is 0.158. The van der Waals surface area contributed by atoms with Crippen molar-refractivity contribution < 1.29 is 53.7 Å². The smallest absolute Gasteiger partial charge is 0.432 e. The van der Waals surface area contributed by atoms with Gasteiger partial charge in [0.1, 0.15) is 22.9 Å². The second-order valence-electron chi connectivity index (χ2n) is 10.2. The molecule has 0 aromatic heterocycles. The van der Waals surface area contributed by atoms with E-state index in [2.05, 4.69) is 9.47 Å². The van der Waals surface area contributed by atoms with E-state index in [1.54, 1.807) is 12.1 Å². The monoisotopic (exact) mass is 618 g/mol. The molecule has 0 saturated heterocycles. The lowest BCUT2D eigenvalue weighted by Gasteiger charge is -2.31. The maximum absolute atomic E-state index is 14.9. The van der Waals surface area contributed by atoms with Crippen LogP contribution in [-0.4, -0.2) is 6.10 Å². The van der Waals surface area contributed by atoms with Crippen LogP contribution in [0.3, 0.4) is 0 Å². The number of rotatable bonds is 11. The lowest BCUT2D eigenvalue weighted by molar-refractivity contribution is -0.277. The highest BCUT2D eigenvalue weighted by Gasteiger charge is 2.42. The van der Waals surface area contributed by atoms with Crippen LogP contribution in [0.25, 0.3) is 0 Å². The summed E-state index contributed by atoms with van der Waals surface area (Å²) >= 11 is 0. The molecule has 1 aliphatic carbocycles. The summed E-state index contributed by atoms with van der Waals surface area (Å²) in [4.78, 5) is 0. The van der Waals surface area contributed by atoms with Gasteiger partial charge in [0.25, 0.3) is 0 Å². The maximum atomic E-state index is 14.9. The average Bonchev–Trinajstić information content (AvgIpc) is 2.92. The lowest BCUT2D eigenvalue weighted by Crippen LogP contribution is -2.29. The Labute approximate surface area is 241 Å². The first-order chi connectivity index (χ1) is 20.3. The lowest BCUT2D eigenvalue weighted by atomic mass is 9.82. The minimum Gasteiger partial charge on any atom is -0.456 e. The van der Waals surface area contributed by atoms with Crippen molar-refractivity contribution in [3.8, 4) is 11.5 Å². The fourth-order valence-corrected chi connectivity index (χ4v) is 5.00. The average molecular weight is 619 g/mol. The van der Waals surface area contributed by atoms with Gasteiger partial charge < -0.3 is 14.2 Å². The van der Waals surface area contributed by atoms with E-state index < -0.39 is 64.8 Å². The SMILES string of the molecule is CCCc1ccc(C(F)(F)OC2CCC(c3cc(F)c(C(F)(F)Oc4ccc(OC=C(F)F)c(F)c4)c(F)c3)CC2)cc1. The van der Waals surface area contributed by atoms with Gasteiger partial charge in [-0.3, -0.25) is 0 Å². The topological polar surface area (TPSA) is 27.7 Å². The van der Waals surface area contributed by atoms with Crippen LogP contribution in [0.2, 0.25) is 0 Å².